The molecule has 0 rings (SSSR count). The Hall–Kier alpha value is -0.290. The van der Waals surface area contributed by atoms with E-state index in [1.165, 1.54) is 0 Å². The number of ether oxygens (including phenoxy) is 1. The number of alkyl halides is 3. The summed E-state index contributed by atoms with van der Waals surface area (Å²) in [5.41, 5.74) is 0. The molecular weight excluding hydrogens is 195 g/mol. The van der Waals surface area contributed by atoms with Gasteiger partial charge in [0.15, 0.2) is 0 Å². The molecule has 1 N–H and O–H groups in total. The molecule has 0 amide bonds. The van der Waals surface area contributed by atoms with Crippen molar-refractivity contribution in [2.75, 3.05) is 13.2 Å². The molecule has 0 aromatic heterocycles. The summed E-state index contributed by atoms with van der Waals surface area (Å²) in [5, 5.41) is 3.11. The van der Waals surface area contributed by atoms with Crippen LogP contribution in [0.25, 0.3) is 0 Å². The van der Waals surface area contributed by atoms with Crippen LogP contribution >= 0.6 is 0 Å². The molecule has 1 atom stereocenters. The van der Waals surface area contributed by atoms with Gasteiger partial charge in [0.25, 0.3) is 0 Å². The molecule has 0 aromatic carbocycles. The first-order valence-corrected chi connectivity index (χ1v) is 4.73. The Labute approximate surface area is 82.8 Å². The van der Waals surface area contributed by atoms with Crippen molar-refractivity contribution in [1.82, 2.24) is 5.32 Å². The van der Waals surface area contributed by atoms with Crippen LogP contribution in [0, 0.1) is 0 Å². The summed E-state index contributed by atoms with van der Waals surface area (Å²) >= 11 is 0. The predicted octanol–water partition coefficient (Wildman–Crippen LogP) is 2.34. The first-order valence-electron chi connectivity index (χ1n) is 4.73. The van der Waals surface area contributed by atoms with Crippen LogP contribution in [0.1, 0.15) is 27.2 Å². The molecule has 0 aliphatic carbocycles. The maximum atomic E-state index is 11.7. The standard InChI is InChI=1S/C9H18F3NO/c1-7(2)13-5-4-8(3)14-6-9(10,11)12/h7-8,13H,4-6H2,1-3H3. The molecule has 14 heavy (non-hydrogen) atoms. The third kappa shape index (κ3) is 9.80. The molecule has 0 aliphatic heterocycles. The van der Waals surface area contributed by atoms with E-state index in [4.69, 9.17) is 0 Å². The van der Waals surface area contributed by atoms with Gasteiger partial charge in [-0.1, -0.05) is 13.8 Å². The van der Waals surface area contributed by atoms with Crippen molar-refractivity contribution in [2.24, 2.45) is 0 Å². The monoisotopic (exact) mass is 213 g/mol. The van der Waals surface area contributed by atoms with E-state index in [0.717, 1.165) is 0 Å². The zero-order valence-electron chi connectivity index (χ0n) is 8.82. The van der Waals surface area contributed by atoms with Crippen molar-refractivity contribution >= 4 is 0 Å². The van der Waals surface area contributed by atoms with Gasteiger partial charge < -0.3 is 10.1 Å². The van der Waals surface area contributed by atoms with Crippen LogP contribution in [0.4, 0.5) is 13.2 Å². The summed E-state index contributed by atoms with van der Waals surface area (Å²) in [6.45, 7) is 5.14. The van der Waals surface area contributed by atoms with Gasteiger partial charge in [0.05, 0.1) is 6.10 Å². The fourth-order valence-corrected chi connectivity index (χ4v) is 0.895. The third-order valence-corrected chi connectivity index (χ3v) is 1.63. The lowest BCUT2D eigenvalue weighted by Gasteiger charge is -2.15. The molecule has 0 heterocycles. The molecule has 86 valence electrons. The molecule has 0 saturated heterocycles. The van der Waals surface area contributed by atoms with Gasteiger partial charge in [-0.3, -0.25) is 0 Å². The Kier molecular flexibility index (Phi) is 6.11. The number of hydrogen-bond acceptors (Lipinski definition) is 2. The normalized spacial score (nSPS) is 14.8. The highest BCUT2D eigenvalue weighted by Gasteiger charge is 2.28. The van der Waals surface area contributed by atoms with Crippen molar-refractivity contribution in [1.29, 1.82) is 0 Å². The minimum absolute atomic E-state index is 0.352. The molecule has 1 unspecified atom stereocenters. The Morgan fingerprint density at radius 1 is 1.21 bits per heavy atom. The summed E-state index contributed by atoms with van der Waals surface area (Å²) in [5.74, 6) is 0. The highest BCUT2D eigenvalue weighted by molar-refractivity contribution is 4.58. The fraction of sp³-hybridized carbons (Fsp3) is 1.00. The maximum absolute atomic E-state index is 11.7. The summed E-state index contributed by atoms with van der Waals surface area (Å²) in [6, 6.07) is 0.352. The van der Waals surface area contributed by atoms with Crippen LogP contribution in [0.15, 0.2) is 0 Å². The second kappa shape index (κ2) is 6.24. The van der Waals surface area contributed by atoms with Gasteiger partial charge in [0.1, 0.15) is 6.61 Å². The van der Waals surface area contributed by atoms with E-state index in [-0.39, 0.29) is 6.10 Å². The molecule has 0 radical (unpaired) electrons. The van der Waals surface area contributed by atoms with Crippen molar-refractivity contribution in [3.63, 3.8) is 0 Å². The molecule has 5 heteroatoms. The lowest BCUT2D eigenvalue weighted by molar-refractivity contribution is -0.184. The number of rotatable bonds is 6. The van der Waals surface area contributed by atoms with Gasteiger partial charge in [0, 0.05) is 6.04 Å². The van der Waals surface area contributed by atoms with E-state index in [9.17, 15) is 13.2 Å². The van der Waals surface area contributed by atoms with E-state index in [1.807, 2.05) is 13.8 Å². The van der Waals surface area contributed by atoms with Gasteiger partial charge in [-0.05, 0) is 19.9 Å². The molecular formula is C9H18F3NO. The van der Waals surface area contributed by atoms with E-state index < -0.39 is 12.8 Å². The van der Waals surface area contributed by atoms with Crippen LogP contribution in [-0.2, 0) is 4.74 Å². The van der Waals surface area contributed by atoms with Crippen LogP contribution in [-0.4, -0.2) is 31.5 Å². The number of nitrogens with one attached hydrogen (secondary N) is 1. The van der Waals surface area contributed by atoms with Crippen molar-refractivity contribution < 1.29 is 17.9 Å². The fourth-order valence-electron chi connectivity index (χ4n) is 0.895. The quantitative estimate of drug-likeness (QED) is 0.731. The average molecular weight is 213 g/mol. The Morgan fingerprint density at radius 3 is 2.21 bits per heavy atom. The summed E-state index contributed by atoms with van der Waals surface area (Å²) in [6.07, 6.45) is -3.99. The molecule has 0 spiro atoms. The largest absolute Gasteiger partial charge is 0.411 e. The molecule has 0 aliphatic rings. The molecule has 0 aromatic rings. The Balaban J connectivity index is 3.42. The zero-order chi connectivity index (χ0) is 11.2. The zero-order valence-corrected chi connectivity index (χ0v) is 8.82. The predicted molar refractivity (Wildman–Crippen MR) is 49.2 cm³/mol. The van der Waals surface area contributed by atoms with Crippen LogP contribution in [0.3, 0.4) is 0 Å². The van der Waals surface area contributed by atoms with Crippen LogP contribution in [0.5, 0.6) is 0 Å². The molecule has 0 fully saturated rings. The van der Waals surface area contributed by atoms with Crippen LogP contribution in [0.2, 0.25) is 0 Å². The Bertz CT molecular complexity index is 147. The highest BCUT2D eigenvalue weighted by atomic mass is 19.4. The topological polar surface area (TPSA) is 21.3 Å². The third-order valence-electron chi connectivity index (χ3n) is 1.63. The van der Waals surface area contributed by atoms with Gasteiger partial charge in [-0.15, -0.1) is 0 Å². The molecule has 0 bridgehead atoms. The second-order valence-electron chi connectivity index (χ2n) is 3.63. The van der Waals surface area contributed by atoms with E-state index in [1.54, 1.807) is 6.92 Å². The second-order valence-corrected chi connectivity index (χ2v) is 3.63. The van der Waals surface area contributed by atoms with Gasteiger partial charge in [-0.2, -0.15) is 13.2 Å². The van der Waals surface area contributed by atoms with Gasteiger partial charge >= 0.3 is 6.18 Å². The lowest BCUT2D eigenvalue weighted by Crippen LogP contribution is -2.28. The smallest absolute Gasteiger partial charge is 0.369 e. The van der Waals surface area contributed by atoms with Crippen LogP contribution < -0.4 is 5.32 Å². The SMILES string of the molecule is CC(C)NCCC(C)OCC(F)(F)F. The van der Waals surface area contributed by atoms with Crippen molar-refractivity contribution in [2.45, 2.75) is 45.5 Å². The molecule has 0 saturated carbocycles. The summed E-state index contributed by atoms with van der Waals surface area (Å²) in [4.78, 5) is 0. The maximum Gasteiger partial charge on any atom is 0.411 e. The number of halogens is 3. The number of hydrogen-bond donors (Lipinski definition) is 1. The minimum Gasteiger partial charge on any atom is -0.369 e. The first kappa shape index (κ1) is 13.7. The van der Waals surface area contributed by atoms with E-state index in [2.05, 4.69) is 10.1 Å². The molecule has 2 nitrogen and oxygen atoms in total. The minimum atomic E-state index is -4.22. The van der Waals surface area contributed by atoms with E-state index in [0.29, 0.717) is 19.0 Å². The van der Waals surface area contributed by atoms with Gasteiger partial charge in [-0.25, -0.2) is 0 Å². The van der Waals surface area contributed by atoms with Crippen molar-refractivity contribution in [3.05, 3.63) is 0 Å². The van der Waals surface area contributed by atoms with Gasteiger partial charge in [0.2, 0.25) is 0 Å². The highest BCUT2D eigenvalue weighted by Crippen LogP contribution is 2.15. The Morgan fingerprint density at radius 2 is 1.79 bits per heavy atom. The summed E-state index contributed by atoms with van der Waals surface area (Å²) < 4.78 is 39.8. The summed E-state index contributed by atoms with van der Waals surface area (Å²) in [7, 11) is 0. The van der Waals surface area contributed by atoms with Crippen molar-refractivity contribution in [3.8, 4) is 0 Å². The average Bonchev–Trinajstić information content (AvgIpc) is 1.99. The first-order chi connectivity index (χ1) is 6.31. The van der Waals surface area contributed by atoms with E-state index >= 15 is 0 Å². The lowest BCUT2D eigenvalue weighted by atomic mass is 10.2.